The fourth-order valence-corrected chi connectivity index (χ4v) is 6.66. The van der Waals surface area contributed by atoms with Gasteiger partial charge in [0.05, 0.1) is 24.8 Å². The summed E-state index contributed by atoms with van der Waals surface area (Å²) < 4.78 is 5.52. The van der Waals surface area contributed by atoms with Crippen molar-refractivity contribution in [1.29, 1.82) is 0 Å². The first-order valence-corrected chi connectivity index (χ1v) is 12.9. The van der Waals surface area contributed by atoms with E-state index in [2.05, 4.69) is 11.0 Å². The van der Waals surface area contributed by atoms with Crippen LogP contribution < -0.4 is 9.64 Å². The number of para-hydroxylation sites is 2. The molecule has 2 aromatic carbocycles. The molecule has 0 atom stereocenters. The summed E-state index contributed by atoms with van der Waals surface area (Å²) in [5, 5.41) is 0. The maximum absolute atomic E-state index is 13.5. The van der Waals surface area contributed by atoms with Crippen LogP contribution in [0.15, 0.2) is 48.5 Å². The molecular formula is C26H31N3O3S. The molecule has 3 aliphatic rings. The standard InChI is InChI=1S/C26H31N3O3S/c1-32-23-9-5-4-8-22(23)27-12-14-28(15-13-27)24(30)18-26(10-16-33-17-11-26)29-19-20-6-2-3-7-21(20)25(29)31/h2-9H,10-19H2,1H3. The monoisotopic (exact) mass is 465 g/mol. The Morgan fingerprint density at radius 3 is 2.42 bits per heavy atom. The summed E-state index contributed by atoms with van der Waals surface area (Å²) in [5.41, 5.74) is 2.58. The molecule has 6 nitrogen and oxygen atoms in total. The van der Waals surface area contributed by atoms with Gasteiger partial charge in [-0.25, -0.2) is 0 Å². The number of carbonyl (C=O) groups is 2. The summed E-state index contributed by atoms with van der Waals surface area (Å²) in [5.74, 6) is 3.11. The van der Waals surface area contributed by atoms with Crippen LogP contribution in [-0.4, -0.2) is 71.9 Å². The number of hydrogen-bond donors (Lipinski definition) is 0. The Bertz CT molecular complexity index is 1030. The number of ether oxygens (including phenoxy) is 1. The fraction of sp³-hybridized carbons (Fsp3) is 0.462. The molecule has 0 bridgehead atoms. The molecule has 3 heterocycles. The van der Waals surface area contributed by atoms with E-state index in [1.165, 1.54) is 0 Å². The van der Waals surface area contributed by atoms with Gasteiger partial charge < -0.3 is 19.4 Å². The van der Waals surface area contributed by atoms with Gasteiger partial charge in [0, 0.05) is 38.3 Å². The molecule has 0 N–H and O–H groups in total. The lowest BCUT2D eigenvalue weighted by Gasteiger charge is -2.45. The quantitative estimate of drug-likeness (QED) is 0.675. The first-order valence-electron chi connectivity index (χ1n) is 11.7. The van der Waals surface area contributed by atoms with E-state index < -0.39 is 0 Å². The zero-order chi connectivity index (χ0) is 22.8. The van der Waals surface area contributed by atoms with Crippen LogP contribution in [0.5, 0.6) is 5.75 Å². The SMILES string of the molecule is COc1ccccc1N1CCN(C(=O)CC2(N3Cc4ccccc4C3=O)CCSCC2)CC1. The fourth-order valence-electron chi connectivity index (χ4n) is 5.41. The summed E-state index contributed by atoms with van der Waals surface area (Å²) >= 11 is 1.92. The lowest BCUT2D eigenvalue weighted by atomic mass is 9.85. The highest BCUT2D eigenvalue weighted by Crippen LogP contribution is 2.41. The topological polar surface area (TPSA) is 53.1 Å². The number of methoxy groups -OCH3 is 1. The number of fused-ring (bicyclic) bond motifs is 1. The molecule has 0 aliphatic carbocycles. The normalized spacial score (nSPS) is 20.0. The Morgan fingerprint density at radius 1 is 1.00 bits per heavy atom. The van der Waals surface area contributed by atoms with Crippen molar-refractivity contribution < 1.29 is 14.3 Å². The summed E-state index contributed by atoms with van der Waals surface area (Å²) in [6.07, 6.45) is 2.18. The third kappa shape index (κ3) is 4.19. The van der Waals surface area contributed by atoms with Crippen LogP contribution >= 0.6 is 11.8 Å². The molecule has 2 saturated heterocycles. The predicted octanol–water partition coefficient (Wildman–Crippen LogP) is 3.66. The van der Waals surface area contributed by atoms with Gasteiger partial charge in [-0.1, -0.05) is 30.3 Å². The van der Waals surface area contributed by atoms with E-state index in [1.54, 1.807) is 7.11 Å². The minimum atomic E-state index is -0.377. The van der Waals surface area contributed by atoms with Crippen LogP contribution in [0.1, 0.15) is 35.2 Å². The Kier molecular flexibility index (Phi) is 6.23. The number of rotatable bonds is 5. The molecule has 2 fully saturated rings. The van der Waals surface area contributed by atoms with E-state index in [9.17, 15) is 9.59 Å². The lowest BCUT2D eigenvalue weighted by molar-refractivity contribution is -0.134. The van der Waals surface area contributed by atoms with E-state index in [-0.39, 0.29) is 17.4 Å². The van der Waals surface area contributed by atoms with Gasteiger partial charge in [0.2, 0.25) is 5.91 Å². The number of benzene rings is 2. The first kappa shape index (κ1) is 22.1. The molecule has 0 aromatic heterocycles. The highest BCUT2D eigenvalue weighted by atomic mass is 32.2. The van der Waals surface area contributed by atoms with Gasteiger partial charge in [0.15, 0.2) is 0 Å². The Balaban J connectivity index is 1.28. The molecule has 0 spiro atoms. The number of piperazine rings is 1. The zero-order valence-electron chi connectivity index (χ0n) is 19.2. The highest BCUT2D eigenvalue weighted by Gasteiger charge is 2.46. The van der Waals surface area contributed by atoms with Crippen LogP contribution in [0.2, 0.25) is 0 Å². The molecule has 33 heavy (non-hydrogen) atoms. The Morgan fingerprint density at radius 2 is 1.70 bits per heavy atom. The smallest absolute Gasteiger partial charge is 0.254 e. The van der Waals surface area contributed by atoms with E-state index in [1.807, 2.05) is 64.0 Å². The summed E-state index contributed by atoms with van der Waals surface area (Å²) in [7, 11) is 1.69. The van der Waals surface area contributed by atoms with E-state index in [0.29, 0.717) is 26.1 Å². The molecule has 0 saturated carbocycles. The number of amides is 2. The molecule has 5 rings (SSSR count). The molecule has 7 heteroatoms. The van der Waals surface area contributed by atoms with Gasteiger partial charge in [-0.15, -0.1) is 0 Å². The summed E-state index contributed by atoms with van der Waals surface area (Å²) in [6, 6.07) is 15.9. The summed E-state index contributed by atoms with van der Waals surface area (Å²) in [6.45, 7) is 3.56. The van der Waals surface area contributed by atoms with Gasteiger partial charge >= 0.3 is 0 Å². The second-order valence-corrected chi connectivity index (χ2v) is 10.3. The number of carbonyl (C=O) groups excluding carboxylic acids is 2. The minimum absolute atomic E-state index is 0.0892. The second kappa shape index (κ2) is 9.29. The van der Waals surface area contributed by atoms with Crippen molar-refractivity contribution in [1.82, 2.24) is 9.80 Å². The first-order chi connectivity index (χ1) is 16.1. The Labute approximate surface area is 199 Å². The van der Waals surface area contributed by atoms with Crippen LogP contribution in [-0.2, 0) is 11.3 Å². The van der Waals surface area contributed by atoms with Gasteiger partial charge in [0.25, 0.3) is 5.91 Å². The molecule has 174 valence electrons. The van der Waals surface area contributed by atoms with Crippen molar-refractivity contribution in [2.24, 2.45) is 0 Å². The van der Waals surface area contributed by atoms with Crippen molar-refractivity contribution in [3.63, 3.8) is 0 Å². The van der Waals surface area contributed by atoms with Crippen molar-refractivity contribution in [2.45, 2.75) is 31.3 Å². The highest BCUT2D eigenvalue weighted by molar-refractivity contribution is 7.99. The van der Waals surface area contributed by atoms with E-state index in [0.717, 1.165) is 60.0 Å². The number of thioether (sulfide) groups is 1. The lowest BCUT2D eigenvalue weighted by Crippen LogP contribution is -2.56. The number of nitrogens with zero attached hydrogens (tertiary/aromatic N) is 3. The third-order valence-corrected chi connectivity index (χ3v) is 8.34. The Hall–Kier alpha value is -2.67. The van der Waals surface area contributed by atoms with Crippen LogP contribution in [0, 0.1) is 0 Å². The van der Waals surface area contributed by atoms with Gasteiger partial charge in [0.1, 0.15) is 5.75 Å². The van der Waals surface area contributed by atoms with Gasteiger partial charge in [-0.3, -0.25) is 9.59 Å². The van der Waals surface area contributed by atoms with Crippen LogP contribution in [0.25, 0.3) is 0 Å². The molecule has 0 unspecified atom stereocenters. The molecule has 0 radical (unpaired) electrons. The van der Waals surface area contributed by atoms with Crippen LogP contribution in [0.4, 0.5) is 5.69 Å². The van der Waals surface area contributed by atoms with Crippen molar-refractivity contribution in [3.05, 3.63) is 59.7 Å². The molecule has 2 aromatic rings. The van der Waals surface area contributed by atoms with Crippen molar-refractivity contribution >= 4 is 29.3 Å². The maximum atomic E-state index is 13.5. The largest absolute Gasteiger partial charge is 0.495 e. The minimum Gasteiger partial charge on any atom is -0.495 e. The number of anilines is 1. The third-order valence-electron chi connectivity index (χ3n) is 7.36. The molecule has 2 amide bonds. The molecular weight excluding hydrogens is 434 g/mol. The van der Waals surface area contributed by atoms with Crippen molar-refractivity contribution in [2.75, 3.05) is 49.7 Å². The van der Waals surface area contributed by atoms with Gasteiger partial charge in [-0.2, -0.15) is 11.8 Å². The second-order valence-electron chi connectivity index (χ2n) is 9.10. The van der Waals surface area contributed by atoms with Gasteiger partial charge in [-0.05, 0) is 48.1 Å². The average molecular weight is 466 g/mol. The maximum Gasteiger partial charge on any atom is 0.254 e. The average Bonchev–Trinajstić information content (AvgIpc) is 3.22. The van der Waals surface area contributed by atoms with E-state index in [4.69, 9.17) is 4.74 Å². The van der Waals surface area contributed by atoms with Crippen molar-refractivity contribution in [3.8, 4) is 5.75 Å². The molecule has 3 aliphatic heterocycles. The van der Waals surface area contributed by atoms with Crippen LogP contribution in [0.3, 0.4) is 0 Å². The number of hydrogen-bond acceptors (Lipinski definition) is 5. The zero-order valence-corrected chi connectivity index (χ0v) is 20.0. The van der Waals surface area contributed by atoms with E-state index >= 15 is 0 Å². The predicted molar refractivity (Wildman–Crippen MR) is 132 cm³/mol. The summed E-state index contributed by atoms with van der Waals surface area (Å²) in [4.78, 5) is 33.1.